The topological polar surface area (TPSA) is 154 Å². The van der Waals surface area contributed by atoms with Gasteiger partial charge in [0.1, 0.15) is 16.4 Å². The number of thiophene rings is 1. The molecule has 0 spiro atoms. The molecule has 0 atom stereocenters. The van der Waals surface area contributed by atoms with Crippen molar-refractivity contribution in [1.29, 1.82) is 0 Å². The highest BCUT2D eigenvalue weighted by atomic mass is 35.5. The number of hydrogen-bond acceptors (Lipinski definition) is 11. The average molecular weight is 550 g/mol. The molecule has 1 N–H and O–H groups in total. The number of sulfone groups is 1. The number of aryl methyl sites for hydroxylation is 1. The highest BCUT2D eigenvalue weighted by Gasteiger charge is 2.39. The van der Waals surface area contributed by atoms with Gasteiger partial charge in [0.15, 0.2) is 21.3 Å². The highest BCUT2D eigenvalue weighted by Crippen LogP contribution is 2.52. The second-order valence-electron chi connectivity index (χ2n) is 6.85. The molecule has 1 aromatic carbocycles. The van der Waals surface area contributed by atoms with Crippen molar-refractivity contribution in [3.8, 4) is 17.2 Å². The first-order chi connectivity index (χ1) is 16.0. The number of rotatable bonds is 6. The van der Waals surface area contributed by atoms with Gasteiger partial charge in [-0.3, -0.25) is 0 Å². The van der Waals surface area contributed by atoms with Crippen molar-refractivity contribution in [1.82, 2.24) is 9.88 Å². The molecule has 182 valence electrons. The number of nitrogens with one attached hydrogen (secondary N) is 1. The van der Waals surface area contributed by atoms with Crippen molar-refractivity contribution < 1.29 is 40.4 Å². The summed E-state index contributed by atoms with van der Waals surface area (Å²) in [6, 6.07) is 1.10. The first kappa shape index (κ1) is 24.1. The fraction of sp³-hybridized carbons (Fsp3) is 0.222. The van der Waals surface area contributed by atoms with Crippen molar-refractivity contribution in [2.24, 2.45) is 0 Å². The van der Waals surface area contributed by atoms with E-state index in [1.54, 1.807) is 0 Å². The van der Waals surface area contributed by atoms with Crippen LogP contribution in [0, 0.1) is 6.92 Å². The van der Waals surface area contributed by atoms with E-state index in [-0.39, 0.29) is 39.7 Å². The average Bonchev–Trinajstić information content (AvgIpc) is 3.50. The summed E-state index contributed by atoms with van der Waals surface area (Å²) >= 11 is 7.38. The molecule has 0 saturated carbocycles. The lowest BCUT2D eigenvalue weighted by Crippen LogP contribution is -2.41. The van der Waals surface area contributed by atoms with Gasteiger partial charge in [0, 0.05) is 17.7 Å². The minimum atomic E-state index is -4.34. The number of benzene rings is 1. The third kappa shape index (κ3) is 4.15. The molecule has 0 saturated heterocycles. The number of nitrogens with zero attached hydrogens (tertiary/aromatic N) is 2. The van der Waals surface area contributed by atoms with Gasteiger partial charge in [-0.2, -0.15) is 11.3 Å². The van der Waals surface area contributed by atoms with Crippen LogP contribution in [0.2, 0.25) is 5.02 Å². The summed E-state index contributed by atoms with van der Waals surface area (Å²) < 4.78 is 74.1. The van der Waals surface area contributed by atoms with Crippen molar-refractivity contribution >= 4 is 60.4 Å². The minimum Gasteiger partial charge on any atom is -0.491 e. The summed E-state index contributed by atoms with van der Waals surface area (Å²) in [6.07, 6.45) is 0.888. The van der Waals surface area contributed by atoms with Gasteiger partial charge in [0.25, 0.3) is 15.9 Å². The van der Waals surface area contributed by atoms with Crippen LogP contribution < -0.4 is 23.8 Å². The zero-order valence-electron chi connectivity index (χ0n) is 17.7. The van der Waals surface area contributed by atoms with Crippen molar-refractivity contribution in [3.63, 3.8) is 0 Å². The van der Waals surface area contributed by atoms with E-state index in [1.165, 1.54) is 30.9 Å². The molecule has 2 amide bonds. The second kappa shape index (κ2) is 8.65. The van der Waals surface area contributed by atoms with E-state index in [0.717, 1.165) is 23.7 Å². The molecule has 3 aromatic rings. The Labute approximate surface area is 202 Å². The van der Waals surface area contributed by atoms with Crippen molar-refractivity contribution in [2.45, 2.75) is 16.7 Å². The van der Waals surface area contributed by atoms with Crippen LogP contribution in [0.4, 0.5) is 16.4 Å². The van der Waals surface area contributed by atoms with Crippen LogP contribution in [0.3, 0.4) is 0 Å². The molecule has 0 radical (unpaired) electrons. The second-order valence-corrected chi connectivity index (χ2v) is 11.7. The maximum absolute atomic E-state index is 13.4. The zero-order valence-corrected chi connectivity index (χ0v) is 20.9. The van der Waals surface area contributed by atoms with E-state index in [4.69, 9.17) is 30.3 Å². The summed E-state index contributed by atoms with van der Waals surface area (Å²) in [4.78, 5) is 13.4. The molecular formula is C18H16ClN3O9S3. The Kier molecular flexibility index (Phi) is 6.14. The molecule has 0 unspecified atom stereocenters. The molecule has 0 bridgehead atoms. The number of ether oxygens (including phenoxy) is 3. The molecule has 0 fully saturated rings. The summed E-state index contributed by atoms with van der Waals surface area (Å²) in [5.41, 5.74) is -0.249. The Morgan fingerprint density at radius 3 is 2.59 bits per heavy atom. The van der Waals surface area contributed by atoms with Gasteiger partial charge in [-0.25, -0.2) is 31.3 Å². The van der Waals surface area contributed by atoms with Gasteiger partial charge in [0.2, 0.25) is 12.5 Å². The highest BCUT2D eigenvalue weighted by molar-refractivity contribution is 7.91. The smallest absolute Gasteiger partial charge is 0.343 e. The Bertz CT molecular complexity index is 1480. The van der Waals surface area contributed by atoms with E-state index >= 15 is 0 Å². The normalized spacial score (nSPS) is 13.1. The van der Waals surface area contributed by atoms with E-state index in [0.29, 0.717) is 4.90 Å². The standard InChI is InChI=1S/C18H16ClN3O9S3/c1-9-13(19)17(31-20-9)22(18(23)21-34(26,27)10-4-5-32-7-10)14-12(33(3,24)25)6-11-15(16(14)28-2)30-8-29-11/h4-7H,8H2,1-3H3,(H,21,23). The summed E-state index contributed by atoms with van der Waals surface area (Å²) in [5.74, 6) is -0.634. The molecule has 12 nitrogen and oxygen atoms in total. The number of halogens is 1. The maximum atomic E-state index is 13.4. The number of sulfonamides is 1. The van der Waals surface area contributed by atoms with Crippen LogP contribution in [0.1, 0.15) is 5.69 Å². The number of urea groups is 1. The van der Waals surface area contributed by atoms with E-state index < -0.39 is 42.4 Å². The van der Waals surface area contributed by atoms with E-state index in [1.807, 2.05) is 4.72 Å². The predicted octanol–water partition coefficient (Wildman–Crippen LogP) is 3.08. The van der Waals surface area contributed by atoms with Gasteiger partial charge < -0.3 is 18.7 Å². The lowest BCUT2D eigenvalue weighted by Gasteiger charge is -2.25. The fourth-order valence-corrected chi connectivity index (χ4v) is 6.04. The maximum Gasteiger partial charge on any atom is 0.343 e. The van der Waals surface area contributed by atoms with Gasteiger partial charge in [-0.1, -0.05) is 16.8 Å². The monoisotopic (exact) mass is 549 g/mol. The molecule has 4 rings (SSSR count). The number of methoxy groups -OCH3 is 1. The van der Waals surface area contributed by atoms with Gasteiger partial charge in [-0.15, -0.1) is 0 Å². The molecule has 1 aliphatic heterocycles. The number of carbonyl (C=O) groups is 1. The third-order valence-corrected chi connectivity index (χ3v) is 8.29. The Morgan fingerprint density at radius 2 is 2.03 bits per heavy atom. The number of amides is 2. The molecule has 1 aliphatic rings. The van der Waals surface area contributed by atoms with E-state index in [2.05, 4.69) is 5.16 Å². The largest absolute Gasteiger partial charge is 0.491 e. The molecule has 0 aliphatic carbocycles. The number of fused-ring (bicyclic) bond motifs is 1. The van der Waals surface area contributed by atoms with Gasteiger partial charge >= 0.3 is 6.03 Å². The van der Waals surface area contributed by atoms with Crippen molar-refractivity contribution in [3.05, 3.63) is 33.6 Å². The summed E-state index contributed by atoms with van der Waals surface area (Å²) in [5, 5.41) is 6.35. The molecular weight excluding hydrogens is 534 g/mol. The van der Waals surface area contributed by atoms with Crippen molar-refractivity contribution in [2.75, 3.05) is 25.1 Å². The third-order valence-electron chi connectivity index (χ3n) is 4.59. The Morgan fingerprint density at radius 1 is 1.29 bits per heavy atom. The van der Waals surface area contributed by atoms with Crippen LogP contribution in [-0.2, 0) is 19.9 Å². The van der Waals surface area contributed by atoms with Crippen LogP contribution in [0.5, 0.6) is 17.2 Å². The number of carbonyl (C=O) groups excluding carboxylic acids is 1. The van der Waals surface area contributed by atoms with E-state index in [9.17, 15) is 21.6 Å². The quantitative estimate of drug-likeness (QED) is 0.485. The van der Waals surface area contributed by atoms with Crippen LogP contribution >= 0.6 is 22.9 Å². The number of aromatic nitrogens is 1. The SMILES string of the molecule is COc1c2c(cc(S(C)(=O)=O)c1N(C(=O)NS(=O)(=O)c1ccsc1)c1onc(C)c1Cl)OCO2. The van der Waals surface area contributed by atoms with Crippen LogP contribution in [0.15, 0.2) is 37.2 Å². The molecule has 16 heteroatoms. The first-order valence-electron chi connectivity index (χ1n) is 9.17. The van der Waals surface area contributed by atoms with Crippen LogP contribution in [0.25, 0.3) is 0 Å². The summed E-state index contributed by atoms with van der Waals surface area (Å²) in [6.45, 7) is 1.24. The predicted molar refractivity (Wildman–Crippen MR) is 121 cm³/mol. The Hall–Kier alpha value is -3.01. The molecule has 2 aromatic heterocycles. The molecule has 34 heavy (non-hydrogen) atoms. The van der Waals surface area contributed by atoms with Crippen LogP contribution in [-0.4, -0.2) is 48.2 Å². The first-order valence-corrected chi connectivity index (χ1v) is 13.9. The van der Waals surface area contributed by atoms with Gasteiger partial charge in [-0.05, 0) is 18.4 Å². The van der Waals surface area contributed by atoms with Gasteiger partial charge in [0.05, 0.1) is 16.9 Å². The molecule has 3 heterocycles. The summed E-state index contributed by atoms with van der Waals surface area (Å²) in [7, 11) is -7.20. The minimum absolute atomic E-state index is 0.00393. The number of anilines is 2. The number of hydrogen-bond donors (Lipinski definition) is 1. The lowest BCUT2D eigenvalue weighted by atomic mass is 10.2. The fourth-order valence-electron chi connectivity index (χ4n) is 3.07. The Balaban J connectivity index is 1.99. The lowest BCUT2D eigenvalue weighted by molar-refractivity contribution is 0.171. The zero-order chi connectivity index (χ0) is 24.8.